The summed E-state index contributed by atoms with van der Waals surface area (Å²) in [5.74, 6) is 8.81. The highest BCUT2D eigenvalue weighted by atomic mass is 15.2. The molecule has 2 nitrogen and oxygen atoms in total. The predicted molar refractivity (Wildman–Crippen MR) is 58.9 cm³/mol. The summed E-state index contributed by atoms with van der Waals surface area (Å²) in [6.07, 6.45) is 0. The molecule has 0 spiro atoms. The van der Waals surface area contributed by atoms with Crippen LogP contribution in [0.25, 0.3) is 0 Å². The zero-order valence-electron chi connectivity index (χ0n) is 9.21. The fraction of sp³-hybridized carbons (Fsp3) is 0.833. The average Bonchev–Trinajstić information content (AvgIpc) is 2.62. The molecule has 2 rings (SSSR count). The first-order valence-corrected chi connectivity index (χ1v) is 5.67. The largest absolute Gasteiger partial charge is 0.316 e. The lowest BCUT2D eigenvalue weighted by atomic mass is 10.0. The summed E-state index contributed by atoms with van der Waals surface area (Å²) in [5.41, 5.74) is 0. The van der Waals surface area contributed by atoms with Gasteiger partial charge >= 0.3 is 0 Å². The van der Waals surface area contributed by atoms with E-state index in [2.05, 4.69) is 35.9 Å². The van der Waals surface area contributed by atoms with Crippen molar-refractivity contribution in [3.63, 3.8) is 0 Å². The van der Waals surface area contributed by atoms with E-state index in [9.17, 15) is 0 Å². The SMILES string of the molecule is CC(C)C#CCN1CC2CNCC2C1. The minimum absolute atomic E-state index is 0.513. The lowest BCUT2D eigenvalue weighted by Gasteiger charge is -2.12. The van der Waals surface area contributed by atoms with Gasteiger partial charge in [-0.1, -0.05) is 25.7 Å². The van der Waals surface area contributed by atoms with Crippen LogP contribution >= 0.6 is 0 Å². The van der Waals surface area contributed by atoms with Gasteiger partial charge in [0, 0.05) is 19.0 Å². The van der Waals surface area contributed by atoms with Crippen LogP contribution in [0, 0.1) is 29.6 Å². The molecule has 2 aliphatic rings. The molecule has 0 aromatic rings. The number of rotatable bonds is 1. The second kappa shape index (κ2) is 4.33. The van der Waals surface area contributed by atoms with Gasteiger partial charge < -0.3 is 5.32 Å². The van der Waals surface area contributed by atoms with Crippen LogP contribution in [0.3, 0.4) is 0 Å². The fourth-order valence-electron chi connectivity index (χ4n) is 2.44. The van der Waals surface area contributed by atoms with Crippen LogP contribution in [0.1, 0.15) is 13.8 Å². The van der Waals surface area contributed by atoms with Crippen molar-refractivity contribution >= 4 is 0 Å². The number of likely N-dealkylation sites (tertiary alicyclic amines) is 1. The molecule has 0 aromatic carbocycles. The quantitative estimate of drug-likeness (QED) is 0.618. The van der Waals surface area contributed by atoms with Gasteiger partial charge in [0.25, 0.3) is 0 Å². The summed E-state index contributed by atoms with van der Waals surface area (Å²) in [6.45, 7) is 10.2. The smallest absolute Gasteiger partial charge is 0.0601 e. The molecular formula is C12H20N2. The molecule has 2 aliphatic heterocycles. The topological polar surface area (TPSA) is 15.3 Å². The number of fused-ring (bicyclic) bond motifs is 1. The summed E-state index contributed by atoms with van der Waals surface area (Å²) in [7, 11) is 0. The summed E-state index contributed by atoms with van der Waals surface area (Å²) in [5, 5.41) is 3.46. The Morgan fingerprint density at radius 1 is 1.29 bits per heavy atom. The molecule has 2 fully saturated rings. The van der Waals surface area contributed by atoms with Crippen molar-refractivity contribution in [3.05, 3.63) is 0 Å². The van der Waals surface area contributed by atoms with Crippen LogP contribution in [0.15, 0.2) is 0 Å². The molecule has 0 amide bonds. The summed E-state index contributed by atoms with van der Waals surface area (Å²) in [4.78, 5) is 2.51. The highest BCUT2D eigenvalue weighted by molar-refractivity contribution is 5.05. The summed E-state index contributed by atoms with van der Waals surface area (Å²) >= 11 is 0. The molecule has 0 aromatic heterocycles. The normalized spacial score (nSPS) is 31.6. The number of nitrogens with zero attached hydrogens (tertiary/aromatic N) is 1. The van der Waals surface area contributed by atoms with Crippen LogP contribution in [-0.2, 0) is 0 Å². The first-order valence-electron chi connectivity index (χ1n) is 5.67. The van der Waals surface area contributed by atoms with E-state index in [0.29, 0.717) is 5.92 Å². The molecule has 2 heteroatoms. The molecular weight excluding hydrogens is 172 g/mol. The van der Waals surface area contributed by atoms with Gasteiger partial charge in [0.05, 0.1) is 6.54 Å². The minimum atomic E-state index is 0.513. The van der Waals surface area contributed by atoms with Crippen LogP contribution in [0.2, 0.25) is 0 Å². The van der Waals surface area contributed by atoms with Gasteiger partial charge in [0.2, 0.25) is 0 Å². The molecule has 2 heterocycles. The molecule has 1 N–H and O–H groups in total. The van der Waals surface area contributed by atoms with E-state index in [1.54, 1.807) is 0 Å². The summed E-state index contributed by atoms with van der Waals surface area (Å²) < 4.78 is 0. The van der Waals surface area contributed by atoms with Crippen LogP contribution in [0.4, 0.5) is 0 Å². The van der Waals surface area contributed by atoms with Crippen LogP contribution < -0.4 is 5.32 Å². The van der Waals surface area contributed by atoms with E-state index in [1.165, 1.54) is 26.2 Å². The van der Waals surface area contributed by atoms with Gasteiger partial charge in [0.15, 0.2) is 0 Å². The Labute approximate surface area is 87.1 Å². The van der Waals surface area contributed by atoms with Crippen molar-refractivity contribution in [1.29, 1.82) is 0 Å². The number of hydrogen-bond acceptors (Lipinski definition) is 2. The van der Waals surface area contributed by atoms with E-state index in [1.807, 2.05) is 0 Å². The van der Waals surface area contributed by atoms with Crippen molar-refractivity contribution in [3.8, 4) is 11.8 Å². The number of hydrogen-bond donors (Lipinski definition) is 1. The first-order chi connectivity index (χ1) is 6.75. The van der Waals surface area contributed by atoms with Crippen molar-refractivity contribution < 1.29 is 0 Å². The highest BCUT2D eigenvalue weighted by Crippen LogP contribution is 2.25. The number of nitrogens with one attached hydrogen (secondary N) is 1. The third-order valence-electron chi connectivity index (χ3n) is 3.16. The van der Waals surface area contributed by atoms with Gasteiger partial charge in [-0.25, -0.2) is 0 Å². The third-order valence-corrected chi connectivity index (χ3v) is 3.16. The molecule has 0 saturated carbocycles. The molecule has 78 valence electrons. The standard InChI is InChI=1S/C12H20N2/c1-10(2)4-3-5-14-8-11-6-13-7-12(11)9-14/h10-13H,5-9H2,1-2H3. The van der Waals surface area contributed by atoms with Crippen LogP contribution in [-0.4, -0.2) is 37.6 Å². The molecule has 2 saturated heterocycles. The Morgan fingerprint density at radius 2 is 1.93 bits per heavy atom. The zero-order valence-corrected chi connectivity index (χ0v) is 9.21. The van der Waals surface area contributed by atoms with Crippen LogP contribution in [0.5, 0.6) is 0 Å². The zero-order chi connectivity index (χ0) is 9.97. The predicted octanol–water partition coefficient (Wildman–Crippen LogP) is 0.797. The lowest BCUT2D eigenvalue weighted by Crippen LogP contribution is -2.26. The van der Waals surface area contributed by atoms with Crippen molar-refractivity contribution in [2.24, 2.45) is 17.8 Å². The third kappa shape index (κ3) is 2.29. The first kappa shape index (κ1) is 10.0. The van der Waals surface area contributed by atoms with Crippen molar-refractivity contribution in [1.82, 2.24) is 10.2 Å². The molecule has 0 bridgehead atoms. The van der Waals surface area contributed by atoms with Gasteiger partial charge in [-0.05, 0) is 24.9 Å². The van der Waals surface area contributed by atoms with Gasteiger partial charge in [-0.3, -0.25) is 4.90 Å². The van der Waals surface area contributed by atoms with E-state index in [-0.39, 0.29) is 0 Å². The minimum Gasteiger partial charge on any atom is -0.316 e. The molecule has 2 unspecified atom stereocenters. The van der Waals surface area contributed by atoms with E-state index in [4.69, 9.17) is 0 Å². The maximum atomic E-state index is 3.46. The molecule has 14 heavy (non-hydrogen) atoms. The maximum Gasteiger partial charge on any atom is 0.0601 e. The van der Waals surface area contributed by atoms with Gasteiger partial charge in [0.1, 0.15) is 0 Å². The fourth-order valence-corrected chi connectivity index (χ4v) is 2.44. The highest BCUT2D eigenvalue weighted by Gasteiger charge is 2.35. The average molecular weight is 192 g/mol. The van der Waals surface area contributed by atoms with E-state index < -0.39 is 0 Å². The van der Waals surface area contributed by atoms with Crippen molar-refractivity contribution in [2.75, 3.05) is 32.7 Å². The molecule has 0 radical (unpaired) electrons. The molecule has 2 atom stereocenters. The Hall–Kier alpha value is -0.520. The van der Waals surface area contributed by atoms with Gasteiger partial charge in [-0.15, -0.1) is 0 Å². The second-order valence-electron chi connectivity index (χ2n) is 4.85. The van der Waals surface area contributed by atoms with E-state index in [0.717, 1.165) is 18.4 Å². The Kier molecular flexibility index (Phi) is 3.10. The van der Waals surface area contributed by atoms with E-state index >= 15 is 0 Å². The van der Waals surface area contributed by atoms with Gasteiger partial charge in [-0.2, -0.15) is 0 Å². The lowest BCUT2D eigenvalue weighted by molar-refractivity contribution is 0.351. The monoisotopic (exact) mass is 192 g/mol. The maximum absolute atomic E-state index is 3.46. The Bertz CT molecular complexity index is 237. The Balaban J connectivity index is 1.77. The van der Waals surface area contributed by atoms with Crippen molar-refractivity contribution in [2.45, 2.75) is 13.8 Å². The Morgan fingerprint density at radius 3 is 2.50 bits per heavy atom. The second-order valence-corrected chi connectivity index (χ2v) is 4.85. The summed E-state index contributed by atoms with van der Waals surface area (Å²) in [6, 6.07) is 0. The molecule has 0 aliphatic carbocycles.